The Hall–Kier alpha value is -3.62. The normalized spacial score (nSPS) is 10.7. The number of non-ortho nitro benzene ring substituents is 1. The van der Waals surface area contributed by atoms with Crippen molar-refractivity contribution in [3.05, 3.63) is 75.5 Å². The van der Waals surface area contributed by atoms with Gasteiger partial charge in [-0.1, -0.05) is 18.2 Å². The van der Waals surface area contributed by atoms with Crippen LogP contribution in [0, 0.1) is 28.7 Å². The number of nitrogens with zero attached hydrogens (tertiary/aromatic N) is 2. The first-order valence-corrected chi connectivity index (χ1v) is 8.39. The number of para-hydroxylation sites is 1. The number of fused-ring (bicyclic) bond motifs is 1. The van der Waals surface area contributed by atoms with Crippen molar-refractivity contribution in [2.45, 2.75) is 6.92 Å². The molecule has 0 fully saturated rings. The van der Waals surface area contributed by atoms with Crippen molar-refractivity contribution in [1.82, 2.24) is 10.3 Å². The van der Waals surface area contributed by atoms with E-state index in [-0.39, 0.29) is 24.3 Å². The van der Waals surface area contributed by atoms with Crippen LogP contribution in [0.1, 0.15) is 16.1 Å². The molecule has 0 aliphatic carbocycles. The largest absolute Gasteiger partial charge is 0.383 e. The molecule has 28 heavy (non-hydrogen) atoms. The summed E-state index contributed by atoms with van der Waals surface area (Å²) in [5.74, 6) is -2.73. The monoisotopic (exact) mass is 386 g/mol. The fraction of sp³-hybridized carbons (Fsp3) is 0.158. The predicted octanol–water partition coefficient (Wildman–Crippen LogP) is 3.57. The van der Waals surface area contributed by atoms with E-state index in [9.17, 15) is 23.7 Å². The molecule has 0 bridgehead atoms. The van der Waals surface area contributed by atoms with Crippen molar-refractivity contribution in [2.75, 3.05) is 18.4 Å². The molecule has 0 unspecified atom stereocenters. The van der Waals surface area contributed by atoms with Gasteiger partial charge >= 0.3 is 0 Å². The van der Waals surface area contributed by atoms with Gasteiger partial charge in [-0.2, -0.15) is 0 Å². The minimum absolute atomic E-state index is 0.0877. The molecular formula is C19H16F2N4O3. The van der Waals surface area contributed by atoms with Gasteiger partial charge in [-0.05, 0) is 25.1 Å². The number of hydrogen-bond donors (Lipinski definition) is 2. The van der Waals surface area contributed by atoms with Crippen LogP contribution >= 0.6 is 0 Å². The van der Waals surface area contributed by atoms with E-state index in [0.29, 0.717) is 16.8 Å². The van der Waals surface area contributed by atoms with Crippen molar-refractivity contribution in [1.29, 1.82) is 0 Å². The van der Waals surface area contributed by atoms with Gasteiger partial charge in [0.1, 0.15) is 17.2 Å². The molecule has 0 saturated carbocycles. The van der Waals surface area contributed by atoms with Gasteiger partial charge in [0.2, 0.25) is 0 Å². The highest BCUT2D eigenvalue weighted by Gasteiger charge is 2.17. The van der Waals surface area contributed by atoms with Crippen LogP contribution in [-0.4, -0.2) is 28.9 Å². The van der Waals surface area contributed by atoms with Gasteiger partial charge in [-0.15, -0.1) is 0 Å². The summed E-state index contributed by atoms with van der Waals surface area (Å²) in [5, 5.41) is 17.3. The molecule has 0 spiro atoms. The SMILES string of the molecule is Cc1cc(NCCNC(=O)c2c(F)cccc2F)c2cccc([N+](=O)[O-])c2n1. The van der Waals surface area contributed by atoms with Crippen molar-refractivity contribution in [3.8, 4) is 0 Å². The lowest BCUT2D eigenvalue weighted by atomic mass is 10.1. The number of benzene rings is 2. The molecule has 1 aromatic heterocycles. The Bertz CT molecular complexity index is 1050. The molecule has 3 rings (SSSR count). The van der Waals surface area contributed by atoms with Crippen LogP contribution in [0.15, 0.2) is 42.5 Å². The van der Waals surface area contributed by atoms with Crippen LogP contribution in [0.2, 0.25) is 0 Å². The fourth-order valence-corrected chi connectivity index (χ4v) is 2.83. The second-order valence-corrected chi connectivity index (χ2v) is 6.02. The number of rotatable bonds is 6. The Labute approximate surface area is 158 Å². The Kier molecular flexibility index (Phi) is 5.44. The lowest BCUT2D eigenvalue weighted by Gasteiger charge is -2.12. The van der Waals surface area contributed by atoms with Crippen molar-refractivity contribution < 1.29 is 18.5 Å². The van der Waals surface area contributed by atoms with E-state index >= 15 is 0 Å². The fourth-order valence-electron chi connectivity index (χ4n) is 2.83. The second kappa shape index (κ2) is 7.95. The van der Waals surface area contributed by atoms with Gasteiger partial charge in [0, 0.05) is 35.9 Å². The molecule has 7 nitrogen and oxygen atoms in total. The molecule has 9 heteroatoms. The number of carbonyl (C=O) groups is 1. The van der Waals surface area contributed by atoms with Gasteiger partial charge in [0.15, 0.2) is 5.52 Å². The van der Waals surface area contributed by atoms with E-state index in [2.05, 4.69) is 15.6 Å². The van der Waals surface area contributed by atoms with Crippen molar-refractivity contribution in [3.63, 3.8) is 0 Å². The lowest BCUT2D eigenvalue weighted by molar-refractivity contribution is -0.383. The number of aromatic nitrogens is 1. The highest BCUT2D eigenvalue weighted by Crippen LogP contribution is 2.29. The Balaban J connectivity index is 1.72. The summed E-state index contributed by atoms with van der Waals surface area (Å²) in [4.78, 5) is 26.9. The Morgan fingerprint density at radius 3 is 2.50 bits per heavy atom. The number of nitro benzene ring substituents is 1. The van der Waals surface area contributed by atoms with Gasteiger partial charge in [0.25, 0.3) is 11.6 Å². The summed E-state index contributed by atoms with van der Waals surface area (Å²) in [6.45, 7) is 2.04. The minimum atomic E-state index is -0.937. The highest BCUT2D eigenvalue weighted by atomic mass is 19.1. The van der Waals surface area contributed by atoms with Gasteiger partial charge in [-0.3, -0.25) is 14.9 Å². The summed E-state index contributed by atoms with van der Waals surface area (Å²) in [6, 6.07) is 9.56. The molecule has 0 radical (unpaired) electrons. The van der Waals surface area contributed by atoms with E-state index in [4.69, 9.17) is 0 Å². The Morgan fingerprint density at radius 2 is 1.82 bits per heavy atom. The minimum Gasteiger partial charge on any atom is -0.383 e. The smallest absolute Gasteiger partial charge is 0.295 e. The zero-order valence-corrected chi connectivity index (χ0v) is 14.8. The van der Waals surface area contributed by atoms with Crippen LogP contribution in [0.5, 0.6) is 0 Å². The van der Waals surface area contributed by atoms with E-state index in [0.717, 1.165) is 12.1 Å². The molecule has 0 aliphatic rings. The molecule has 2 N–H and O–H groups in total. The van der Waals surface area contributed by atoms with Crippen LogP contribution < -0.4 is 10.6 Å². The maximum atomic E-state index is 13.6. The number of nitro groups is 1. The number of hydrogen-bond acceptors (Lipinski definition) is 5. The van der Waals surface area contributed by atoms with E-state index in [1.165, 1.54) is 12.1 Å². The number of aryl methyl sites for hydroxylation is 1. The Morgan fingerprint density at radius 1 is 1.14 bits per heavy atom. The molecular weight excluding hydrogens is 370 g/mol. The summed E-state index contributed by atoms with van der Waals surface area (Å²) in [5.41, 5.74) is 0.711. The quantitative estimate of drug-likeness (QED) is 0.383. The molecule has 0 saturated heterocycles. The number of anilines is 1. The molecule has 0 aliphatic heterocycles. The average Bonchev–Trinajstić information content (AvgIpc) is 2.64. The highest BCUT2D eigenvalue weighted by molar-refractivity contribution is 5.97. The third-order valence-corrected chi connectivity index (χ3v) is 4.06. The number of amides is 1. The summed E-state index contributed by atoms with van der Waals surface area (Å²) in [6.07, 6.45) is 0. The molecule has 1 amide bonds. The topological polar surface area (TPSA) is 97.2 Å². The number of halogens is 2. The zero-order chi connectivity index (χ0) is 20.3. The number of nitrogens with one attached hydrogen (secondary N) is 2. The number of carbonyl (C=O) groups excluding carboxylic acids is 1. The first-order chi connectivity index (χ1) is 13.4. The summed E-state index contributed by atoms with van der Waals surface area (Å²) >= 11 is 0. The van der Waals surface area contributed by atoms with Crippen LogP contribution in [0.25, 0.3) is 10.9 Å². The van der Waals surface area contributed by atoms with E-state index in [1.54, 1.807) is 25.1 Å². The van der Waals surface area contributed by atoms with Crippen molar-refractivity contribution >= 4 is 28.2 Å². The lowest BCUT2D eigenvalue weighted by Crippen LogP contribution is -2.30. The van der Waals surface area contributed by atoms with Crippen LogP contribution in [-0.2, 0) is 0 Å². The maximum Gasteiger partial charge on any atom is 0.295 e. The van der Waals surface area contributed by atoms with Crippen LogP contribution in [0.4, 0.5) is 20.2 Å². The summed E-state index contributed by atoms with van der Waals surface area (Å²) in [7, 11) is 0. The third kappa shape index (κ3) is 3.88. The molecule has 1 heterocycles. The zero-order valence-electron chi connectivity index (χ0n) is 14.8. The third-order valence-electron chi connectivity index (χ3n) is 4.06. The van der Waals surface area contributed by atoms with E-state index in [1.807, 2.05) is 0 Å². The first kappa shape index (κ1) is 19.2. The van der Waals surface area contributed by atoms with E-state index < -0.39 is 28.0 Å². The number of pyridine rings is 1. The van der Waals surface area contributed by atoms with Gasteiger partial charge in [-0.25, -0.2) is 13.8 Å². The predicted molar refractivity (Wildman–Crippen MR) is 100 cm³/mol. The maximum absolute atomic E-state index is 13.6. The molecule has 2 aromatic carbocycles. The van der Waals surface area contributed by atoms with Gasteiger partial charge in [0.05, 0.1) is 4.92 Å². The molecule has 0 atom stereocenters. The van der Waals surface area contributed by atoms with Gasteiger partial charge < -0.3 is 10.6 Å². The average molecular weight is 386 g/mol. The first-order valence-electron chi connectivity index (χ1n) is 8.39. The molecule has 144 valence electrons. The van der Waals surface area contributed by atoms with Crippen LogP contribution in [0.3, 0.4) is 0 Å². The van der Waals surface area contributed by atoms with Crippen molar-refractivity contribution in [2.24, 2.45) is 0 Å². The second-order valence-electron chi connectivity index (χ2n) is 6.02. The standard InChI is InChI=1S/C19H16F2N4O3/c1-11-10-15(12-4-2-7-16(25(27)28)18(12)24-11)22-8-9-23-19(26)17-13(20)5-3-6-14(17)21/h2-7,10H,8-9H2,1H3,(H,22,24)(H,23,26). The summed E-state index contributed by atoms with van der Waals surface area (Å²) < 4.78 is 27.2. The molecule has 3 aromatic rings.